The Hall–Kier alpha value is -2.76. The van der Waals surface area contributed by atoms with E-state index in [4.69, 9.17) is 0 Å². The van der Waals surface area contributed by atoms with Gasteiger partial charge in [0.15, 0.2) is 11.6 Å². The molecule has 0 atom stereocenters. The third-order valence-corrected chi connectivity index (χ3v) is 2.26. The molecular formula is C12H8N6. The minimum absolute atomic E-state index is 0.553. The summed E-state index contributed by atoms with van der Waals surface area (Å²) in [6.45, 7) is 0. The molecule has 0 aromatic carbocycles. The minimum atomic E-state index is 0.553. The number of hydrogen-bond donors (Lipinski definition) is 0. The fourth-order valence-electron chi connectivity index (χ4n) is 1.46. The van der Waals surface area contributed by atoms with Crippen LogP contribution in [0.5, 0.6) is 0 Å². The van der Waals surface area contributed by atoms with E-state index in [2.05, 4.69) is 29.9 Å². The first kappa shape index (κ1) is 10.4. The highest BCUT2D eigenvalue weighted by molar-refractivity contribution is 5.58. The molecule has 3 heterocycles. The lowest BCUT2D eigenvalue weighted by Crippen LogP contribution is -1.95. The second kappa shape index (κ2) is 4.62. The quantitative estimate of drug-likeness (QED) is 0.669. The van der Waals surface area contributed by atoms with Gasteiger partial charge < -0.3 is 0 Å². The lowest BCUT2D eigenvalue weighted by molar-refractivity contribution is 1.08. The maximum atomic E-state index is 4.14. The molecule has 0 N–H and O–H groups in total. The van der Waals surface area contributed by atoms with E-state index >= 15 is 0 Å². The van der Waals surface area contributed by atoms with E-state index in [1.807, 2.05) is 0 Å². The van der Waals surface area contributed by atoms with Gasteiger partial charge in [0.2, 0.25) is 0 Å². The molecule has 3 rings (SSSR count). The molecule has 3 aromatic rings. The summed E-state index contributed by atoms with van der Waals surface area (Å²) >= 11 is 0. The fourth-order valence-corrected chi connectivity index (χ4v) is 1.46. The van der Waals surface area contributed by atoms with Crippen LogP contribution < -0.4 is 0 Å². The average molecular weight is 236 g/mol. The zero-order valence-electron chi connectivity index (χ0n) is 9.30. The molecule has 0 unspecified atom stereocenters. The number of hydrogen-bond acceptors (Lipinski definition) is 6. The summed E-state index contributed by atoms with van der Waals surface area (Å²) in [4.78, 5) is 24.9. The number of nitrogens with zero attached hydrogens (tertiary/aromatic N) is 6. The second-order valence-electron chi connectivity index (χ2n) is 3.43. The van der Waals surface area contributed by atoms with Crippen molar-refractivity contribution in [3.63, 3.8) is 0 Å². The van der Waals surface area contributed by atoms with Gasteiger partial charge in [-0.1, -0.05) is 0 Å². The summed E-state index contributed by atoms with van der Waals surface area (Å²) in [5.74, 6) is 1.11. The van der Waals surface area contributed by atoms with Crippen molar-refractivity contribution in [1.82, 2.24) is 29.9 Å². The Labute approximate surface area is 103 Å². The van der Waals surface area contributed by atoms with Crippen molar-refractivity contribution in [1.29, 1.82) is 0 Å². The maximum Gasteiger partial charge on any atom is 0.178 e. The molecule has 0 radical (unpaired) electrons. The first-order chi connectivity index (χ1) is 8.93. The number of rotatable bonds is 2. The summed E-state index contributed by atoms with van der Waals surface area (Å²) in [6, 6.07) is 5.28. The molecule has 0 saturated heterocycles. The highest BCUT2D eigenvalue weighted by Gasteiger charge is 2.06. The molecule has 18 heavy (non-hydrogen) atoms. The van der Waals surface area contributed by atoms with Gasteiger partial charge in [-0.15, -0.1) is 0 Å². The van der Waals surface area contributed by atoms with Crippen molar-refractivity contribution in [2.45, 2.75) is 0 Å². The van der Waals surface area contributed by atoms with Crippen LogP contribution in [0.1, 0.15) is 0 Å². The summed E-state index contributed by atoms with van der Waals surface area (Å²) in [6.07, 6.45) is 8.13. The largest absolute Gasteiger partial charge is 0.235 e. The normalized spacial score (nSPS) is 10.2. The Balaban J connectivity index is 2.05. The Morgan fingerprint density at radius 3 is 1.44 bits per heavy atom. The van der Waals surface area contributed by atoms with Gasteiger partial charge in [-0.25, -0.2) is 29.9 Å². The van der Waals surface area contributed by atoms with E-state index in [0.717, 1.165) is 0 Å². The lowest BCUT2D eigenvalue weighted by Gasteiger charge is -2.01. The van der Waals surface area contributed by atoms with Crippen LogP contribution in [0.3, 0.4) is 0 Å². The van der Waals surface area contributed by atoms with Crippen LogP contribution in [0.15, 0.2) is 49.3 Å². The van der Waals surface area contributed by atoms with Crippen molar-refractivity contribution in [2.24, 2.45) is 0 Å². The molecule has 0 saturated carbocycles. The molecular weight excluding hydrogens is 228 g/mol. The van der Waals surface area contributed by atoms with E-state index in [1.165, 1.54) is 6.33 Å². The zero-order chi connectivity index (χ0) is 12.2. The Kier molecular flexibility index (Phi) is 2.67. The Morgan fingerprint density at radius 2 is 1.00 bits per heavy atom. The van der Waals surface area contributed by atoms with Gasteiger partial charge in [0, 0.05) is 24.8 Å². The van der Waals surface area contributed by atoms with Gasteiger partial charge in [0.25, 0.3) is 0 Å². The molecule has 0 bridgehead atoms. The zero-order valence-corrected chi connectivity index (χ0v) is 9.30. The van der Waals surface area contributed by atoms with Gasteiger partial charge in [-0.3, -0.25) is 0 Å². The number of aromatic nitrogens is 6. The summed E-state index contributed by atoms with van der Waals surface area (Å²) < 4.78 is 0. The predicted octanol–water partition coefficient (Wildman–Crippen LogP) is 1.39. The third kappa shape index (κ3) is 2.03. The molecule has 0 aliphatic heterocycles. The van der Waals surface area contributed by atoms with Gasteiger partial charge >= 0.3 is 0 Å². The van der Waals surface area contributed by atoms with E-state index < -0.39 is 0 Å². The van der Waals surface area contributed by atoms with Gasteiger partial charge in [0.05, 0.1) is 0 Å². The Morgan fingerprint density at radius 1 is 0.556 bits per heavy atom. The van der Waals surface area contributed by atoms with Crippen LogP contribution in [-0.2, 0) is 0 Å². The Bertz CT molecular complexity index is 586. The average Bonchev–Trinajstić information content (AvgIpc) is 2.49. The maximum absolute atomic E-state index is 4.14. The van der Waals surface area contributed by atoms with Crippen LogP contribution >= 0.6 is 0 Å². The molecule has 0 spiro atoms. The smallest absolute Gasteiger partial charge is 0.178 e. The van der Waals surface area contributed by atoms with Crippen LogP contribution in [0.4, 0.5) is 0 Å². The second-order valence-corrected chi connectivity index (χ2v) is 3.43. The van der Waals surface area contributed by atoms with Crippen LogP contribution in [0.2, 0.25) is 0 Å². The SMILES string of the molecule is c1cnc(-c2cc(-c3ncccn3)ncn2)nc1. The van der Waals surface area contributed by atoms with E-state index in [-0.39, 0.29) is 0 Å². The summed E-state index contributed by atoms with van der Waals surface area (Å²) in [7, 11) is 0. The molecule has 0 fully saturated rings. The first-order valence-electron chi connectivity index (χ1n) is 5.30. The van der Waals surface area contributed by atoms with Crippen molar-refractivity contribution >= 4 is 0 Å². The van der Waals surface area contributed by atoms with Crippen LogP contribution in [0, 0.1) is 0 Å². The molecule has 0 aliphatic carbocycles. The summed E-state index contributed by atoms with van der Waals surface area (Å²) in [5, 5.41) is 0. The van der Waals surface area contributed by atoms with Crippen molar-refractivity contribution in [3.8, 4) is 23.0 Å². The van der Waals surface area contributed by atoms with Crippen molar-refractivity contribution in [2.75, 3.05) is 0 Å². The van der Waals surface area contributed by atoms with E-state index in [1.54, 1.807) is 43.0 Å². The summed E-state index contributed by atoms with van der Waals surface area (Å²) in [5.41, 5.74) is 1.29. The van der Waals surface area contributed by atoms with E-state index in [0.29, 0.717) is 23.0 Å². The molecule has 6 nitrogen and oxygen atoms in total. The van der Waals surface area contributed by atoms with Crippen molar-refractivity contribution < 1.29 is 0 Å². The van der Waals surface area contributed by atoms with Crippen LogP contribution in [-0.4, -0.2) is 29.9 Å². The molecule has 6 heteroatoms. The standard InChI is InChI=1S/C12H8N6/c1-3-13-11(14-4-1)9-7-10(18-8-17-9)12-15-5-2-6-16-12/h1-8H. The molecule has 86 valence electrons. The fraction of sp³-hybridized carbons (Fsp3) is 0. The predicted molar refractivity (Wildman–Crippen MR) is 64.1 cm³/mol. The van der Waals surface area contributed by atoms with Gasteiger partial charge in [0.1, 0.15) is 17.7 Å². The van der Waals surface area contributed by atoms with Gasteiger partial charge in [-0.2, -0.15) is 0 Å². The third-order valence-electron chi connectivity index (χ3n) is 2.26. The topological polar surface area (TPSA) is 77.3 Å². The molecule has 0 aliphatic rings. The highest BCUT2D eigenvalue weighted by atomic mass is 15.0. The van der Waals surface area contributed by atoms with E-state index in [9.17, 15) is 0 Å². The minimum Gasteiger partial charge on any atom is -0.235 e. The lowest BCUT2D eigenvalue weighted by atomic mass is 10.3. The van der Waals surface area contributed by atoms with Crippen molar-refractivity contribution in [3.05, 3.63) is 49.3 Å². The molecule has 0 amide bonds. The first-order valence-corrected chi connectivity index (χ1v) is 5.30. The highest BCUT2D eigenvalue weighted by Crippen LogP contribution is 2.16. The van der Waals surface area contributed by atoms with Gasteiger partial charge in [-0.05, 0) is 18.2 Å². The monoisotopic (exact) mass is 236 g/mol. The molecule has 3 aromatic heterocycles. The van der Waals surface area contributed by atoms with Crippen LogP contribution in [0.25, 0.3) is 23.0 Å².